The number of hydrogen-bond donors (Lipinski definition) is 1. The highest BCUT2D eigenvalue weighted by Crippen LogP contribution is 2.30. The van der Waals surface area contributed by atoms with Crippen LogP contribution in [0.1, 0.15) is 54.0 Å². The van der Waals surface area contributed by atoms with E-state index in [1.165, 1.54) is 12.0 Å². The van der Waals surface area contributed by atoms with Gasteiger partial charge in [0.2, 0.25) is 6.41 Å². The monoisotopic (exact) mass is 504 g/mol. The number of amides is 1. The zero-order valence-corrected chi connectivity index (χ0v) is 23.5. The highest BCUT2D eigenvalue weighted by Gasteiger charge is 2.18. The van der Waals surface area contributed by atoms with Crippen molar-refractivity contribution in [3.8, 4) is 0 Å². The average molecular weight is 505 g/mol. The Morgan fingerprint density at radius 2 is 1.58 bits per heavy atom. The van der Waals surface area contributed by atoms with Crippen LogP contribution in [0.2, 0.25) is 0 Å². The van der Waals surface area contributed by atoms with E-state index in [9.17, 15) is 14.4 Å². The van der Waals surface area contributed by atoms with E-state index in [4.69, 9.17) is 10.5 Å². The van der Waals surface area contributed by atoms with Crippen molar-refractivity contribution in [3.63, 3.8) is 0 Å². The second-order valence-corrected chi connectivity index (χ2v) is 7.88. The van der Waals surface area contributed by atoms with Crippen molar-refractivity contribution < 1.29 is 23.9 Å². The first-order chi connectivity index (χ1) is 17.0. The maximum absolute atomic E-state index is 11.6. The minimum atomic E-state index is -0.406. The summed E-state index contributed by atoms with van der Waals surface area (Å²) < 4.78 is 9.51. The number of likely N-dealkylation sites (N-methyl/N-ethyl adjacent to an activating group) is 1. The molecule has 9 nitrogen and oxygen atoms in total. The number of anilines is 3. The van der Waals surface area contributed by atoms with E-state index in [0.29, 0.717) is 23.6 Å². The number of carbonyl (C=O) groups is 3. The van der Waals surface area contributed by atoms with Gasteiger partial charge in [0, 0.05) is 13.2 Å². The quantitative estimate of drug-likeness (QED) is 0.429. The lowest BCUT2D eigenvalue weighted by molar-refractivity contribution is -0.153. The summed E-state index contributed by atoms with van der Waals surface area (Å²) in [7, 11) is 3.08. The fourth-order valence-corrected chi connectivity index (χ4v) is 2.54. The molecule has 1 aromatic heterocycles. The molecule has 0 aliphatic rings. The minimum absolute atomic E-state index is 0.0444. The Morgan fingerprint density at radius 1 is 1.03 bits per heavy atom. The molecule has 0 radical (unpaired) electrons. The lowest BCUT2D eigenvalue weighted by atomic mass is 10.2. The number of nitrogens with two attached hydrogens (primary N) is 1. The van der Waals surface area contributed by atoms with E-state index in [-0.39, 0.29) is 25.0 Å². The molecule has 2 rings (SSSR count). The van der Waals surface area contributed by atoms with Crippen LogP contribution in [0.5, 0.6) is 0 Å². The van der Waals surface area contributed by atoms with E-state index in [0.717, 1.165) is 5.56 Å². The Bertz CT molecular complexity index is 896. The molecule has 2 N–H and O–H groups in total. The first kappa shape index (κ1) is 34.7. The first-order valence-corrected chi connectivity index (χ1v) is 12.0. The van der Waals surface area contributed by atoms with Gasteiger partial charge in [-0.25, -0.2) is 4.98 Å². The van der Waals surface area contributed by atoms with E-state index in [2.05, 4.69) is 9.72 Å². The molecule has 0 bridgehead atoms. The van der Waals surface area contributed by atoms with Crippen LogP contribution in [-0.4, -0.2) is 56.2 Å². The number of rotatable bonds is 7. The van der Waals surface area contributed by atoms with Crippen molar-refractivity contribution in [3.05, 3.63) is 48.2 Å². The van der Waals surface area contributed by atoms with Gasteiger partial charge in [-0.2, -0.15) is 0 Å². The topological polar surface area (TPSA) is 115 Å². The summed E-state index contributed by atoms with van der Waals surface area (Å²) in [6, 6.07) is 11.1. The van der Waals surface area contributed by atoms with Crippen LogP contribution >= 0.6 is 0 Å². The van der Waals surface area contributed by atoms with Gasteiger partial charge < -0.3 is 20.1 Å². The Balaban J connectivity index is 0. The molecule has 202 valence electrons. The summed E-state index contributed by atoms with van der Waals surface area (Å²) in [4.78, 5) is 41.0. The summed E-state index contributed by atoms with van der Waals surface area (Å²) in [5.41, 5.74) is 7.06. The molecule has 1 amide bonds. The van der Waals surface area contributed by atoms with E-state index >= 15 is 0 Å². The number of aryl methyl sites for hydroxylation is 1. The van der Waals surface area contributed by atoms with Crippen molar-refractivity contribution in [1.82, 2.24) is 4.98 Å². The highest BCUT2D eigenvalue weighted by atomic mass is 16.6. The Morgan fingerprint density at radius 3 is 2.00 bits per heavy atom. The number of pyridine rings is 1. The summed E-state index contributed by atoms with van der Waals surface area (Å²) >= 11 is 0. The third-order valence-corrected chi connectivity index (χ3v) is 4.00. The van der Waals surface area contributed by atoms with Gasteiger partial charge in [0.05, 0.1) is 25.0 Å². The molecule has 2 aromatic rings. The molecule has 0 unspecified atom stereocenters. The molecule has 0 fully saturated rings. The van der Waals surface area contributed by atoms with Gasteiger partial charge in [-0.05, 0) is 52.0 Å². The second-order valence-electron chi connectivity index (χ2n) is 7.88. The van der Waals surface area contributed by atoms with Crippen molar-refractivity contribution >= 4 is 35.5 Å². The zero-order valence-electron chi connectivity index (χ0n) is 23.5. The summed E-state index contributed by atoms with van der Waals surface area (Å²) in [6.07, 6.45) is 2.32. The average Bonchev–Trinajstić information content (AvgIpc) is 2.87. The minimum Gasteiger partial charge on any atom is -0.468 e. The number of esters is 2. The SMILES string of the molecule is CC.CC.CC(C)(C)OC(=O)CN.COC(=O)CN(C)c1cccnc1N(C=O)c1ccc(C)cc1. The fraction of sp³-hybridized carbons (Fsp3) is 0.481. The van der Waals surface area contributed by atoms with Crippen LogP contribution in [0.15, 0.2) is 42.6 Å². The summed E-state index contributed by atoms with van der Waals surface area (Å²) in [5, 5.41) is 0. The van der Waals surface area contributed by atoms with Gasteiger partial charge in [-0.15, -0.1) is 0 Å². The number of hydrogen-bond acceptors (Lipinski definition) is 8. The van der Waals surface area contributed by atoms with Gasteiger partial charge in [0.1, 0.15) is 12.1 Å². The van der Waals surface area contributed by atoms with Crippen molar-refractivity contribution in [2.75, 3.05) is 37.0 Å². The lowest BCUT2D eigenvalue weighted by Crippen LogP contribution is -2.28. The van der Waals surface area contributed by atoms with Gasteiger partial charge in [-0.1, -0.05) is 45.4 Å². The standard InChI is InChI=1S/C17H19N3O3.C6H13NO2.2C2H6/c1-13-6-8-14(9-7-13)20(12-21)17-15(5-4-10-18-17)19(2)11-16(22)23-3;1-6(2,3)9-5(8)4-7;2*1-2/h4-10,12H,11H2,1-3H3;4,7H2,1-3H3;2*1-2H3. The predicted octanol–water partition coefficient (Wildman–Crippen LogP) is 4.63. The smallest absolute Gasteiger partial charge is 0.325 e. The number of aromatic nitrogens is 1. The Labute approximate surface area is 216 Å². The van der Waals surface area contributed by atoms with Crippen LogP contribution in [0.25, 0.3) is 0 Å². The third kappa shape index (κ3) is 13.4. The molecule has 0 spiro atoms. The zero-order chi connectivity index (χ0) is 28.3. The molecule has 0 aliphatic heterocycles. The van der Waals surface area contributed by atoms with Crippen molar-refractivity contribution in [2.45, 2.75) is 61.0 Å². The molecule has 0 saturated carbocycles. The number of nitrogens with zero attached hydrogens (tertiary/aromatic N) is 3. The largest absolute Gasteiger partial charge is 0.468 e. The third-order valence-electron chi connectivity index (χ3n) is 4.00. The summed E-state index contributed by atoms with van der Waals surface area (Å²) in [5.74, 6) is -0.268. The van der Waals surface area contributed by atoms with Crippen LogP contribution in [0, 0.1) is 6.92 Å². The second kappa shape index (κ2) is 18.8. The van der Waals surface area contributed by atoms with Gasteiger partial charge >= 0.3 is 11.9 Å². The van der Waals surface area contributed by atoms with Gasteiger partial charge in [0.15, 0.2) is 5.82 Å². The maximum Gasteiger partial charge on any atom is 0.325 e. The predicted molar refractivity (Wildman–Crippen MR) is 147 cm³/mol. The van der Waals surface area contributed by atoms with Gasteiger partial charge in [-0.3, -0.25) is 19.3 Å². The Hall–Kier alpha value is -3.46. The fourth-order valence-electron chi connectivity index (χ4n) is 2.54. The van der Waals surface area contributed by atoms with Crippen LogP contribution < -0.4 is 15.5 Å². The molecular formula is C27H44N4O5. The number of benzene rings is 1. The number of methoxy groups -OCH3 is 1. The molecule has 1 heterocycles. The molecule has 0 aliphatic carbocycles. The molecular weight excluding hydrogens is 460 g/mol. The van der Waals surface area contributed by atoms with E-state index in [1.54, 1.807) is 51.0 Å². The van der Waals surface area contributed by atoms with E-state index in [1.807, 2.05) is 58.9 Å². The van der Waals surface area contributed by atoms with Crippen molar-refractivity contribution in [1.29, 1.82) is 0 Å². The maximum atomic E-state index is 11.6. The molecule has 1 aromatic carbocycles. The lowest BCUT2D eigenvalue weighted by Gasteiger charge is -2.25. The Kier molecular flexibility index (Phi) is 18.1. The van der Waals surface area contributed by atoms with E-state index < -0.39 is 5.60 Å². The van der Waals surface area contributed by atoms with Crippen LogP contribution in [0.3, 0.4) is 0 Å². The molecule has 0 atom stereocenters. The van der Waals surface area contributed by atoms with Crippen molar-refractivity contribution in [2.24, 2.45) is 5.73 Å². The van der Waals surface area contributed by atoms with Crippen LogP contribution in [-0.2, 0) is 23.9 Å². The molecule has 36 heavy (non-hydrogen) atoms. The highest BCUT2D eigenvalue weighted by molar-refractivity contribution is 5.91. The first-order valence-electron chi connectivity index (χ1n) is 12.0. The summed E-state index contributed by atoms with van der Waals surface area (Å²) in [6.45, 7) is 15.4. The molecule has 9 heteroatoms. The van der Waals surface area contributed by atoms with Crippen LogP contribution in [0.4, 0.5) is 17.2 Å². The normalized spacial score (nSPS) is 9.53. The number of ether oxygens (including phenoxy) is 2. The van der Waals surface area contributed by atoms with Gasteiger partial charge in [0.25, 0.3) is 0 Å². The molecule has 0 saturated heterocycles. The number of carbonyl (C=O) groups excluding carboxylic acids is 3.